The van der Waals surface area contributed by atoms with E-state index in [1.165, 1.54) is 6.92 Å². The topological polar surface area (TPSA) is 207 Å². The monoisotopic (exact) mass is 399 g/mol. The number of hydrogen-bond donors (Lipinski definition) is 4. The van der Waals surface area contributed by atoms with Crippen LogP contribution in [0.2, 0.25) is 0 Å². The minimum Gasteiger partial charge on any atom is -0.627 e. The SMILES string of the molecule is CCOc1ccc(NC(C)=O)cc1.NC(=O)NC1N=C([O][Al])NC1=O.O.O. The molecule has 0 saturated carbocycles. The molecule has 12 nitrogen and oxygen atoms in total. The fraction of sp³-hybridized carbons (Fsp3) is 0.286. The molecule has 1 aromatic rings. The molecule has 4 amide bonds. The fourth-order valence-corrected chi connectivity index (χ4v) is 1.80. The molecular formula is C14H22AlN5O7. The van der Waals surface area contributed by atoms with Gasteiger partial charge in [0.1, 0.15) is 5.75 Å². The number of amides is 4. The molecule has 0 aliphatic carbocycles. The van der Waals surface area contributed by atoms with E-state index in [4.69, 9.17) is 10.5 Å². The molecule has 2 radical (unpaired) electrons. The Bertz CT molecular complexity index is 654. The van der Waals surface area contributed by atoms with Crippen LogP contribution in [0.5, 0.6) is 5.75 Å². The summed E-state index contributed by atoms with van der Waals surface area (Å²) < 4.78 is 9.79. The molecule has 0 saturated heterocycles. The van der Waals surface area contributed by atoms with E-state index in [2.05, 4.69) is 24.7 Å². The number of nitrogens with one attached hydrogen (secondary N) is 3. The van der Waals surface area contributed by atoms with Crippen molar-refractivity contribution in [3.05, 3.63) is 24.3 Å². The van der Waals surface area contributed by atoms with Crippen molar-refractivity contribution in [3.63, 3.8) is 0 Å². The number of nitrogens with zero attached hydrogens (tertiary/aromatic N) is 1. The van der Waals surface area contributed by atoms with Gasteiger partial charge in [0.05, 0.1) is 6.61 Å². The van der Waals surface area contributed by atoms with Crippen LogP contribution in [0.4, 0.5) is 10.5 Å². The first-order valence-corrected chi connectivity index (χ1v) is 7.64. The second-order valence-corrected chi connectivity index (χ2v) is 4.83. The van der Waals surface area contributed by atoms with Gasteiger partial charge in [0.25, 0.3) is 11.9 Å². The van der Waals surface area contributed by atoms with Crippen molar-refractivity contribution >= 4 is 46.2 Å². The number of hydrogen-bond acceptors (Lipinski definition) is 6. The van der Waals surface area contributed by atoms with E-state index >= 15 is 0 Å². The third-order valence-electron chi connectivity index (χ3n) is 2.60. The highest BCUT2D eigenvalue weighted by Gasteiger charge is 2.26. The van der Waals surface area contributed by atoms with Crippen molar-refractivity contribution in [2.45, 2.75) is 20.0 Å². The summed E-state index contributed by atoms with van der Waals surface area (Å²) in [5, 5.41) is 7.04. The van der Waals surface area contributed by atoms with Crippen molar-refractivity contribution in [2.24, 2.45) is 10.7 Å². The molecule has 13 heteroatoms. The van der Waals surface area contributed by atoms with Crippen LogP contribution in [-0.4, -0.2) is 64.2 Å². The minimum absolute atomic E-state index is 0. The Morgan fingerprint density at radius 1 is 1.30 bits per heavy atom. The van der Waals surface area contributed by atoms with Gasteiger partial charge < -0.3 is 35.8 Å². The number of ether oxygens (including phenoxy) is 1. The smallest absolute Gasteiger partial charge is 0.485 e. The third-order valence-corrected chi connectivity index (χ3v) is 2.82. The van der Waals surface area contributed by atoms with Gasteiger partial charge in [-0.15, -0.1) is 0 Å². The maximum Gasteiger partial charge on any atom is 0.485 e. The van der Waals surface area contributed by atoms with Crippen LogP contribution in [0, 0.1) is 0 Å². The van der Waals surface area contributed by atoms with Crippen LogP contribution in [-0.2, 0) is 13.4 Å². The van der Waals surface area contributed by atoms with E-state index in [0.717, 1.165) is 11.4 Å². The Hall–Kier alpha value is -2.85. The number of nitrogens with two attached hydrogens (primary N) is 1. The van der Waals surface area contributed by atoms with E-state index < -0.39 is 18.1 Å². The summed E-state index contributed by atoms with van der Waals surface area (Å²) in [6.45, 7) is 4.07. The van der Waals surface area contributed by atoms with Crippen LogP contribution >= 0.6 is 0 Å². The Kier molecular flexibility index (Phi) is 13.1. The number of amidine groups is 1. The zero-order chi connectivity index (χ0) is 18.8. The quantitative estimate of drug-likeness (QED) is 0.421. The van der Waals surface area contributed by atoms with Crippen molar-refractivity contribution < 1.29 is 33.9 Å². The summed E-state index contributed by atoms with van der Waals surface area (Å²) >= 11 is 1.91. The molecule has 1 heterocycles. The number of primary amides is 1. The van der Waals surface area contributed by atoms with E-state index in [1.807, 2.05) is 47.8 Å². The van der Waals surface area contributed by atoms with Crippen molar-refractivity contribution in [2.75, 3.05) is 11.9 Å². The summed E-state index contributed by atoms with van der Waals surface area (Å²) in [5.41, 5.74) is 5.56. The number of anilines is 1. The number of rotatable bonds is 4. The molecule has 1 unspecified atom stereocenters. The predicted octanol–water partition coefficient (Wildman–Crippen LogP) is -2.04. The van der Waals surface area contributed by atoms with Gasteiger partial charge in [0.2, 0.25) is 12.1 Å². The molecule has 0 aromatic heterocycles. The summed E-state index contributed by atoms with van der Waals surface area (Å²) in [4.78, 5) is 35.5. The first-order chi connectivity index (χ1) is 11.8. The molecule has 9 N–H and O–H groups in total. The highest BCUT2D eigenvalue weighted by molar-refractivity contribution is 6.12. The standard InChI is InChI=1S/C10H13NO2.C4H6N4O3.Al.2H2O/c1-3-13-10-6-4-9(5-7-10)11-8(2)12;5-3(10)6-1-2(9)8-4(11)7-1;;;/h4-7H,3H2,1-2H3,(H,11,12);1H,(H3,5,6,10)(H2,7,8,9,11);;2*1H2/q;;+1;;/p-1. The molecule has 2 rings (SSSR count). The Morgan fingerprint density at radius 3 is 2.30 bits per heavy atom. The summed E-state index contributed by atoms with van der Waals surface area (Å²) in [5.74, 6) is 0.270. The van der Waals surface area contributed by atoms with Gasteiger partial charge in [-0.25, -0.2) is 9.79 Å². The third kappa shape index (κ3) is 10.0. The second-order valence-electron chi connectivity index (χ2n) is 4.59. The van der Waals surface area contributed by atoms with E-state index in [0.29, 0.717) is 6.61 Å². The highest BCUT2D eigenvalue weighted by atomic mass is 27.1. The largest absolute Gasteiger partial charge is 0.627 e. The number of urea groups is 1. The first kappa shape index (κ1) is 26.4. The minimum atomic E-state index is -0.988. The molecule has 0 spiro atoms. The van der Waals surface area contributed by atoms with Crippen LogP contribution < -0.4 is 26.4 Å². The average molecular weight is 399 g/mol. The molecule has 0 bridgehead atoms. The second kappa shape index (κ2) is 13.4. The Labute approximate surface area is 163 Å². The van der Waals surface area contributed by atoms with Crippen molar-refractivity contribution in [1.82, 2.24) is 10.6 Å². The molecule has 1 aliphatic rings. The molecule has 1 atom stereocenters. The lowest BCUT2D eigenvalue weighted by atomic mass is 10.3. The first-order valence-electron chi connectivity index (χ1n) is 7.17. The zero-order valence-corrected chi connectivity index (χ0v) is 15.9. The Balaban J connectivity index is 0. The lowest BCUT2D eigenvalue weighted by Gasteiger charge is -2.04. The normalized spacial score (nSPS) is 13.9. The van der Waals surface area contributed by atoms with Crippen molar-refractivity contribution in [3.8, 4) is 5.75 Å². The zero-order valence-electron chi connectivity index (χ0n) is 14.7. The lowest BCUT2D eigenvalue weighted by Crippen LogP contribution is -2.43. The van der Waals surface area contributed by atoms with Gasteiger partial charge in [-0.2, -0.15) is 0 Å². The molecule has 1 aliphatic heterocycles. The number of aliphatic imine (C=N–C) groups is 1. The lowest BCUT2D eigenvalue weighted by molar-refractivity contribution is -0.120. The average Bonchev–Trinajstić information content (AvgIpc) is 2.89. The number of benzene rings is 1. The van der Waals surface area contributed by atoms with E-state index in [9.17, 15) is 14.4 Å². The Morgan fingerprint density at radius 2 is 1.89 bits per heavy atom. The molecule has 27 heavy (non-hydrogen) atoms. The van der Waals surface area contributed by atoms with Crippen LogP contribution in [0.3, 0.4) is 0 Å². The maximum atomic E-state index is 10.9. The van der Waals surface area contributed by atoms with E-state index in [1.54, 1.807) is 0 Å². The predicted molar refractivity (Wildman–Crippen MR) is 98.1 cm³/mol. The van der Waals surface area contributed by atoms with Gasteiger partial charge in [0.15, 0.2) is 0 Å². The molecule has 1 aromatic carbocycles. The van der Waals surface area contributed by atoms with Crippen LogP contribution in [0.1, 0.15) is 13.8 Å². The van der Waals surface area contributed by atoms with E-state index in [-0.39, 0.29) is 22.9 Å². The van der Waals surface area contributed by atoms with Gasteiger partial charge in [0, 0.05) is 12.6 Å². The number of carbonyl (C=O) groups is 3. The summed E-state index contributed by atoms with van der Waals surface area (Å²) in [7, 11) is 0. The van der Waals surface area contributed by atoms with Gasteiger partial charge in [-0.3, -0.25) is 14.9 Å². The highest BCUT2D eigenvalue weighted by Crippen LogP contribution is 2.15. The van der Waals surface area contributed by atoms with Gasteiger partial charge in [-0.05, 0) is 31.2 Å². The van der Waals surface area contributed by atoms with Crippen LogP contribution in [0.25, 0.3) is 0 Å². The summed E-state index contributed by atoms with van der Waals surface area (Å²) in [6.07, 6.45) is -0.988. The maximum absolute atomic E-state index is 10.9. The van der Waals surface area contributed by atoms with Crippen LogP contribution in [0.15, 0.2) is 29.3 Å². The fourth-order valence-electron chi connectivity index (χ4n) is 1.68. The molecular weight excluding hydrogens is 377 g/mol. The van der Waals surface area contributed by atoms with Gasteiger partial charge >= 0.3 is 22.7 Å². The molecule has 148 valence electrons. The molecule has 0 fully saturated rings. The number of carbonyl (C=O) groups excluding carboxylic acids is 3. The summed E-state index contributed by atoms with van der Waals surface area (Å²) in [6, 6.07) is 6.50. The van der Waals surface area contributed by atoms with Gasteiger partial charge in [-0.1, -0.05) is 0 Å². The van der Waals surface area contributed by atoms with Crippen molar-refractivity contribution in [1.29, 1.82) is 0 Å².